The lowest BCUT2D eigenvalue weighted by Gasteiger charge is -2.14. The molecule has 0 unspecified atom stereocenters. The summed E-state index contributed by atoms with van der Waals surface area (Å²) < 4.78 is 1.80. The van der Waals surface area contributed by atoms with Crippen molar-refractivity contribution in [1.29, 1.82) is 0 Å². The monoisotopic (exact) mass is 303 g/mol. The second kappa shape index (κ2) is 4.83. The van der Waals surface area contributed by atoms with Crippen molar-refractivity contribution in [3.05, 3.63) is 17.5 Å². The number of carbonyl (C=O) groups is 2. The molecule has 1 amide bonds. The topological polar surface area (TPSA) is 75.4 Å². The minimum absolute atomic E-state index is 0.114. The van der Waals surface area contributed by atoms with Crippen molar-refractivity contribution in [1.82, 2.24) is 14.7 Å². The van der Waals surface area contributed by atoms with Crippen molar-refractivity contribution in [2.75, 3.05) is 13.1 Å². The fourth-order valence-corrected chi connectivity index (χ4v) is 3.77. The molecular formula is C16H21N3O3. The second-order valence-corrected chi connectivity index (χ2v) is 7.01. The predicted molar refractivity (Wildman–Crippen MR) is 78.4 cm³/mol. The highest BCUT2D eigenvalue weighted by molar-refractivity contribution is 5.93. The maximum absolute atomic E-state index is 12.7. The van der Waals surface area contributed by atoms with Crippen molar-refractivity contribution in [3.63, 3.8) is 0 Å². The summed E-state index contributed by atoms with van der Waals surface area (Å²) in [4.78, 5) is 25.8. The lowest BCUT2D eigenvalue weighted by molar-refractivity contribution is -0.142. The molecule has 1 aromatic heterocycles. The van der Waals surface area contributed by atoms with Crippen LogP contribution < -0.4 is 0 Å². The van der Waals surface area contributed by atoms with Gasteiger partial charge in [-0.25, -0.2) is 0 Å². The summed E-state index contributed by atoms with van der Waals surface area (Å²) in [5.74, 6) is -0.145. The number of rotatable bonds is 4. The summed E-state index contributed by atoms with van der Waals surface area (Å²) in [6.07, 6.45) is 4.54. The van der Waals surface area contributed by atoms with Crippen LogP contribution in [0, 0.1) is 17.8 Å². The van der Waals surface area contributed by atoms with E-state index >= 15 is 0 Å². The first kappa shape index (κ1) is 13.8. The van der Waals surface area contributed by atoms with Crippen LogP contribution in [0.15, 0.2) is 6.07 Å². The minimum atomic E-state index is -0.771. The number of hydrogen-bond acceptors (Lipinski definition) is 3. The van der Waals surface area contributed by atoms with E-state index in [-0.39, 0.29) is 11.8 Å². The van der Waals surface area contributed by atoms with E-state index in [0.717, 1.165) is 18.5 Å². The van der Waals surface area contributed by atoms with E-state index in [1.807, 2.05) is 13.1 Å². The van der Waals surface area contributed by atoms with Crippen molar-refractivity contribution in [2.45, 2.75) is 31.6 Å². The fraction of sp³-hybridized carbons (Fsp3) is 0.688. The Labute approximate surface area is 129 Å². The third-order valence-electron chi connectivity index (χ3n) is 5.33. The molecule has 2 aliphatic carbocycles. The van der Waals surface area contributed by atoms with Gasteiger partial charge in [0.2, 0.25) is 0 Å². The molecule has 2 saturated carbocycles. The maximum Gasteiger partial charge on any atom is 0.308 e. The Bertz CT molecular complexity index is 631. The zero-order valence-electron chi connectivity index (χ0n) is 12.7. The molecule has 0 spiro atoms. The molecule has 0 aromatic carbocycles. The van der Waals surface area contributed by atoms with Gasteiger partial charge in [-0.05, 0) is 43.6 Å². The van der Waals surface area contributed by atoms with Gasteiger partial charge in [-0.1, -0.05) is 0 Å². The van der Waals surface area contributed by atoms with Crippen molar-refractivity contribution in [3.8, 4) is 0 Å². The number of nitrogens with zero attached hydrogens (tertiary/aromatic N) is 3. The van der Waals surface area contributed by atoms with Gasteiger partial charge in [-0.3, -0.25) is 14.3 Å². The van der Waals surface area contributed by atoms with Gasteiger partial charge < -0.3 is 10.0 Å². The first-order valence-corrected chi connectivity index (χ1v) is 8.10. The molecule has 118 valence electrons. The number of aliphatic carboxylic acids is 1. The van der Waals surface area contributed by atoms with Gasteiger partial charge in [0.15, 0.2) is 5.69 Å². The van der Waals surface area contributed by atoms with Crippen molar-refractivity contribution in [2.24, 2.45) is 24.8 Å². The molecule has 1 aromatic rings. The third kappa shape index (κ3) is 2.30. The quantitative estimate of drug-likeness (QED) is 0.914. The number of carboxylic acid groups (broad SMARTS) is 1. The first-order chi connectivity index (χ1) is 10.5. The number of carboxylic acids is 1. The van der Waals surface area contributed by atoms with E-state index in [2.05, 4.69) is 5.10 Å². The number of carbonyl (C=O) groups excluding carboxylic acids is 1. The second-order valence-electron chi connectivity index (χ2n) is 7.01. The number of likely N-dealkylation sites (tertiary alicyclic amines) is 1. The highest BCUT2D eigenvalue weighted by atomic mass is 16.4. The molecule has 6 heteroatoms. The Hall–Kier alpha value is -1.85. The SMILES string of the molecule is Cn1nc(C(=O)N2C[C@@H](C(=O)O)[C@H](C3CC3)C2)cc1C1CC1. The summed E-state index contributed by atoms with van der Waals surface area (Å²) in [6.45, 7) is 0.889. The zero-order chi connectivity index (χ0) is 15.4. The summed E-state index contributed by atoms with van der Waals surface area (Å²) >= 11 is 0. The Balaban J connectivity index is 1.52. The summed E-state index contributed by atoms with van der Waals surface area (Å²) in [6, 6.07) is 1.89. The summed E-state index contributed by atoms with van der Waals surface area (Å²) in [5.41, 5.74) is 1.58. The van der Waals surface area contributed by atoms with E-state index in [1.165, 1.54) is 12.8 Å². The molecule has 2 atom stereocenters. The molecule has 3 fully saturated rings. The van der Waals surface area contributed by atoms with E-state index in [0.29, 0.717) is 30.6 Å². The smallest absolute Gasteiger partial charge is 0.308 e. The lowest BCUT2D eigenvalue weighted by atomic mass is 9.92. The van der Waals surface area contributed by atoms with Crippen LogP contribution in [0.1, 0.15) is 47.8 Å². The number of hydrogen-bond donors (Lipinski definition) is 1. The van der Waals surface area contributed by atoms with E-state index in [4.69, 9.17) is 0 Å². The van der Waals surface area contributed by atoms with Crippen LogP contribution in [0.3, 0.4) is 0 Å². The average Bonchev–Trinajstić information content (AvgIpc) is 3.41. The molecule has 2 heterocycles. The highest BCUT2D eigenvalue weighted by Gasteiger charge is 2.47. The van der Waals surface area contributed by atoms with Gasteiger partial charge in [0.1, 0.15) is 0 Å². The number of aryl methyl sites for hydroxylation is 1. The molecule has 0 bridgehead atoms. The van der Waals surface area contributed by atoms with Gasteiger partial charge in [0.25, 0.3) is 5.91 Å². The van der Waals surface area contributed by atoms with Gasteiger partial charge in [0.05, 0.1) is 5.92 Å². The summed E-state index contributed by atoms with van der Waals surface area (Å²) in [7, 11) is 1.88. The average molecular weight is 303 g/mol. The minimum Gasteiger partial charge on any atom is -0.481 e. The largest absolute Gasteiger partial charge is 0.481 e. The molecule has 1 N–H and O–H groups in total. The molecule has 3 aliphatic rings. The Kier molecular flexibility index (Phi) is 3.03. The molecule has 1 aliphatic heterocycles. The fourth-order valence-electron chi connectivity index (χ4n) is 3.77. The van der Waals surface area contributed by atoms with Crippen LogP contribution >= 0.6 is 0 Å². The van der Waals surface area contributed by atoms with E-state index in [9.17, 15) is 14.7 Å². The number of amides is 1. The molecule has 22 heavy (non-hydrogen) atoms. The molecular weight excluding hydrogens is 282 g/mol. The Morgan fingerprint density at radius 1 is 1.23 bits per heavy atom. The van der Waals surface area contributed by atoms with Crippen LogP contribution in [0.25, 0.3) is 0 Å². The van der Waals surface area contributed by atoms with E-state index in [1.54, 1.807) is 9.58 Å². The Morgan fingerprint density at radius 2 is 1.95 bits per heavy atom. The molecule has 0 radical (unpaired) electrons. The predicted octanol–water partition coefficient (Wildman–Crippen LogP) is 1.48. The summed E-state index contributed by atoms with van der Waals surface area (Å²) in [5, 5.41) is 13.8. The molecule has 4 rings (SSSR count). The van der Waals surface area contributed by atoms with Gasteiger partial charge in [-0.2, -0.15) is 5.10 Å². The first-order valence-electron chi connectivity index (χ1n) is 8.10. The van der Waals surface area contributed by atoms with Crippen LogP contribution in [0.4, 0.5) is 0 Å². The normalized spacial score (nSPS) is 28.1. The zero-order valence-corrected chi connectivity index (χ0v) is 12.7. The van der Waals surface area contributed by atoms with Crippen LogP contribution in [-0.4, -0.2) is 44.8 Å². The van der Waals surface area contributed by atoms with Gasteiger partial charge >= 0.3 is 5.97 Å². The van der Waals surface area contributed by atoms with Crippen molar-refractivity contribution >= 4 is 11.9 Å². The van der Waals surface area contributed by atoms with Crippen LogP contribution in [0.5, 0.6) is 0 Å². The number of aromatic nitrogens is 2. The van der Waals surface area contributed by atoms with Gasteiger partial charge in [0, 0.05) is 31.7 Å². The third-order valence-corrected chi connectivity index (χ3v) is 5.33. The maximum atomic E-state index is 12.7. The molecule has 6 nitrogen and oxygen atoms in total. The van der Waals surface area contributed by atoms with Gasteiger partial charge in [-0.15, -0.1) is 0 Å². The lowest BCUT2D eigenvalue weighted by Crippen LogP contribution is -2.30. The standard InChI is InChI=1S/C16H21N3O3/c1-18-14(10-4-5-10)6-13(17-18)15(20)19-7-11(9-2-3-9)12(8-19)16(21)22/h6,9-12H,2-5,7-8H2,1H3,(H,21,22)/t11-,12+/m0/s1. The highest BCUT2D eigenvalue weighted by Crippen LogP contribution is 2.44. The molecule has 1 saturated heterocycles. The van der Waals surface area contributed by atoms with Crippen molar-refractivity contribution < 1.29 is 14.7 Å². The van der Waals surface area contributed by atoms with E-state index < -0.39 is 11.9 Å². The van der Waals surface area contributed by atoms with Crippen LogP contribution in [0.2, 0.25) is 0 Å². The van der Waals surface area contributed by atoms with Crippen LogP contribution in [-0.2, 0) is 11.8 Å². The Morgan fingerprint density at radius 3 is 2.55 bits per heavy atom.